The van der Waals surface area contributed by atoms with Gasteiger partial charge in [0.25, 0.3) is 0 Å². The van der Waals surface area contributed by atoms with E-state index in [1.807, 2.05) is 0 Å². The average Bonchev–Trinajstić information content (AvgIpc) is 2.69. The van der Waals surface area contributed by atoms with Gasteiger partial charge in [-0.05, 0) is 36.4 Å². The maximum absolute atomic E-state index is 10.8. The van der Waals surface area contributed by atoms with Crippen molar-refractivity contribution < 1.29 is 75.0 Å². The number of aromatic carboxylic acids is 2. The second-order valence-electron chi connectivity index (χ2n) is 6.27. The van der Waals surface area contributed by atoms with Crippen molar-refractivity contribution in [1.82, 2.24) is 0 Å². The molecule has 0 saturated carbocycles. The summed E-state index contributed by atoms with van der Waals surface area (Å²) in [7, 11) is 0. The third kappa shape index (κ3) is 11.0. The van der Waals surface area contributed by atoms with Gasteiger partial charge in [-0.25, -0.2) is 0 Å². The van der Waals surface area contributed by atoms with Gasteiger partial charge in [0.2, 0.25) is 0 Å². The zero-order valence-corrected chi connectivity index (χ0v) is 19.6. The topological polar surface area (TPSA) is 185 Å². The van der Waals surface area contributed by atoms with Crippen LogP contribution in [0.1, 0.15) is 48.4 Å². The Balaban J connectivity index is 0.000000642. The zero-order chi connectivity index (χ0) is 26.0. The van der Waals surface area contributed by atoms with Crippen LogP contribution in [0.25, 0.3) is 0 Å². The number of carboxylic acid groups (broad SMARTS) is 2. The summed E-state index contributed by atoms with van der Waals surface area (Å²) in [4.78, 5) is 64.4. The fraction of sp³-hybridized carbons (Fsp3) is 0.182. The van der Waals surface area contributed by atoms with Crippen LogP contribution >= 0.6 is 0 Å². The fourth-order valence-corrected chi connectivity index (χ4v) is 2.28. The molecule has 0 aliphatic rings. The summed E-state index contributed by atoms with van der Waals surface area (Å²) < 4.78 is 18.7. The van der Waals surface area contributed by atoms with Gasteiger partial charge in [-0.15, -0.1) is 0 Å². The molecule has 0 unspecified atom stereocenters. The molecule has 0 aliphatic carbocycles. The Morgan fingerprint density at radius 2 is 0.829 bits per heavy atom. The SMILES string of the molecule is CC(=O)Oc1ccc(OC(C)=O)c(C(=O)[O-])c1.CC(=O)Oc1ccc(OC(C)=O)c(C(=O)[O-])c1.[Cu+2]. The van der Waals surface area contributed by atoms with E-state index in [2.05, 4.69) is 9.47 Å². The van der Waals surface area contributed by atoms with Crippen LogP contribution in [-0.4, -0.2) is 35.8 Å². The maximum Gasteiger partial charge on any atom is 2.00 e. The smallest absolute Gasteiger partial charge is 0.545 e. The summed E-state index contributed by atoms with van der Waals surface area (Å²) >= 11 is 0. The Bertz CT molecular complexity index is 1050. The minimum absolute atomic E-state index is 0. The van der Waals surface area contributed by atoms with E-state index in [9.17, 15) is 39.0 Å². The first-order chi connectivity index (χ1) is 15.8. The molecule has 0 spiro atoms. The molecule has 2 aromatic carbocycles. The maximum atomic E-state index is 10.8. The van der Waals surface area contributed by atoms with Crippen LogP contribution in [0.5, 0.6) is 23.0 Å². The third-order valence-corrected chi connectivity index (χ3v) is 3.37. The predicted octanol–water partition coefficient (Wildman–Crippen LogP) is -0.201. The van der Waals surface area contributed by atoms with Crippen LogP contribution in [-0.2, 0) is 36.2 Å². The number of carbonyl (C=O) groups excluding carboxylic acids is 6. The van der Waals surface area contributed by atoms with E-state index in [1.54, 1.807) is 0 Å². The fourth-order valence-electron chi connectivity index (χ4n) is 2.28. The van der Waals surface area contributed by atoms with Crippen LogP contribution in [0.4, 0.5) is 0 Å². The molecular weight excluding hydrogens is 520 g/mol. The number of rotatable bonds is 6. The summed E-state index contributed by atoms with van der Waals surface area (Å²) in [5, 5.41) is 21.6. The molecule has 0 atom stereocenters. The molecule has 0 N–H and O–H groups in total. The Kier molecular flexibility index (Phi) is 12.4. The standard InChI is InChI=1S/2C11H10O6.Cu/c2*1-6(12)16-8-3-4-10(17-7(2)13)9(5-8)11(14)15;/h2*3-5H,1-2H3,(H,14,15);/q;;+2/p-2. The van der Waals surface area contributed by atoms with Gasteiger partial charge in [0.15, 0.2) is 0 Å². The van der Waals surface area contributed by atoms with Crippen molar-refractivity contribution in [2.75, 3.05) is 0 Å². The van der Waals surface area contributed by atoms with Crippen LogP contribution in [0, 0.1) is 0 Å². The molecule has 0 aliphatic heterocycles. The molecule has 12 nitrogen and oxygen atoms in total. The minimum Gasteiger partial charge on any atom is -0.545 e. The van der Waals surface area contributed by atoms with Gasteiger partial charge in [-0.3, -0.25) is 19.2 Å². The molecule has 2 rings (SSSR count). The molecule has 0 saturated heterocycles. The number of benzene rings is 2. The first kappa shape index (κ1) is 30.8. The molecule has 2 aromatic rings. The number of hydrogen-bond acceptors (Lipinski definition) is 12. The molecule has 0 heterocycles. The van der Waals surface area contributed by atoms with E-state index < -0.39 is 35.8 Å². The van der Waals surface area contributed by atoms with Gasteiger partial charge in [0.05, 0.1) is 11.9 Å². The van der Waals surface area contributed by atoms with Crippen LogP contribution < -0.4 is 29.2 Å². The average molecular weight is 538 g/mol. The summed E-state index contributed by atoms with van der Waals surface area (Å²) in [5.74, 6) is -5.81. The van der Waals surface area contributed by atoms with Gasteiger partial charge in [0.1, 0.15) is 23.0 Å². The van der Waals surface area contributed by atoms with E-state index >= 15 is 0 Å². The zero-order valence-electron chi connectivity index (χ0n) is 18.7. The molecule has 13 heteroatoms. The van der Waals surface area contributed by atoms with Crippen molar-refractivity contribution in [2.24, 2.45) is 0 Å². The van der Waals surface area contributed by atoms with E-state index in [1.165, 1.54) is 38.1 Å². The molecular formula is C22H18CuO12. The molecule has 189 valence electrons. The summed E-state index contributed by atoms with van der Waals surface area (Å²) in [6.45, 7) is 4.63. The van der Waals surface area contributed by atoms with Crippen LogP contribution in [0.2, 0.25) is 0 Å². The Labute approximate surface area is 209 Å². The summed E-state index contributed by atoms with van der Waals surface area (Å²) in [6, 6.07) is 7.15. The first-order valence-electron chi connectivity index (χ1n) is 9.24. The van der Waals surface area contributed by atoms with Crippen molar-refractivity contribution in [3.05, 3.63) is 47.5 Å². The second-order valence-corrected chi connectivity index (χ2v) is 6.27. The van der Waals surface area contributed by atoms with Gasteiger partial charge in [-0.2, -0.15) is 0 Å². The molecule has 0 bridgehead atoms. The number of esters is 4. The molecule has 1 radical (unpaired) electrons. The Morgan fingerprint density at radius 3 is 1.06 bits per heavy atom. The Morgan fingerprint density at radius 1 is 0.543 bits per heavy atom. The largest absolute Gasteiger partial charge is 2.00 e. The molecule has 0 fully saturated rings. The van der Waals surface area contributed by atoms with Gasteiger partial charge in [-0.1, -0.05) is 0 Å². The summed E-state index contributed by atoms with van der Waals surface area (Å²) in [6.07, 6.45) is 0. The van der Waals surface area contributed by atoms with Crippen molar-refractivity contribution in [3.63, 3.8) is 0 Å². The quantitative estimate of drug-likeness (QED) is 0.269. The monoisotopic (exact) mass is 537 g/mol. The van der Waals surface area contributed by atoms with Crippen molar-refractivity contribution >= 4 is 35.8 Å². The Hall–Kier alpha value is -4.22. The van der Waals surface area contributed by atoms with E-state index in [-0.39, 0.29) is 51.2 Å². The molecule has 0 aromatic heterocycles. The van der Waals surface area contributed by atoms with E-state index in [4.69, 9.17) is 9.47 Å². The normalized spacial score (nSPS) is 9.26. The summed E-state index contributed by atoms with van der Waals surface area (Å²) in [5.41, 5.74) is -0.724. The molecule has 35 heavy (non-hydrogen) atoms. The first-order valence-corrected chi connectivity index (χ1v) is 9.24. The van der Waals surface area contributed by atoms with Gasteiger partial charge < -0.3 is 38.7 Å². The predicted molar refractivity (Wildman–Crippen MR) is 107 cm³/mol. The van der Waals surface area contributed by atoms with Gasteiger partial charge >= 0.3 is 40.9 Å². The number of ether oxygens (including phenoxy) is 4. The van der Waals surface area contributed by atoms with Crippen molar-refractivity contribution in [3.8, 4) is 23.0 Å². The molecule has 0 amide bonds. The van der Waals surface area contributed by atoms with Gasteiger partial charge in [0, 0.05) is 38.8 Å². The van der Waals surface area contributed by atoms with Crippen LogP contribution in [0.3, 0.4) is 0 Å². The van der Waals surface area contributed by atoms with E-state index in [0.717, 1.165) is 26.0 Å². The number of carboxylic acids is 2. The van der Waals surface area contributed by atoms with Crippen molar-refractivity contribution in [1.29, 1.82) is 0 Å². The van der Waals surface area contributed by atoms with Crippen molar-refractivity contribution in [2.45, 2.75) is 27.7 Å². The van der Waals surface area contributed by atoms with E-state index in [0.29, 0.717) is 0 Å². The number of carbonyl (C=O) groups is 6. The van der Waals surface area contributed by atoms with Crippen LogP contribution in [0.15, 0.2) is 36.4 Å². The number of hydrogen-bond donors (Lipinski definition) is 0. The minimum atomic E-state index is -1.53. The second kappa shape index (κ2) is 14.1. The third-order valence-electron chi connectivity index (χ3n) is 3.37.